The standard InChI is InChI=1S/C10H12N2OS/c14-4-3-11-6-8-1-2-9-10(5-8)13-7-12-9/h1-2,5,7,11,14H,3-4,6H2. The molecule has 0 atom stereocenters. The third-order valence-corrected chi connectivity index (χ3v) is 2.24. The van der Waals surface area contributed by atoms with Crippen molar-refractivity contribution in [2.45, 2.75) is 6.54 Å². The van der Waals surface area contributed by atoms with Crippen LogP contribution in [0.15, 0.2) is 29.0 Å². The summed E-state index contributed by atoms with van der Waals surface area (Å²) in [6.45, 7) is 1.76. The van der Waals surface area contributed by atoms with Crippen LogP contribution in [0.25, 0.3) is 11.1 Å². The molecule has 1 aromatic heterocycles. The van der Waals surface area contributed by atoms with Gasteiger partial charge >= 0.3 is 0 Å². The minimum Gasteiger partial charge on any atom is -0.443 e. The lowest BCUT2D eigenvalue weighted by Gasteiger charge is -2.01. The fourth-order valence-corrected chi connectivity index (χ4v) is 1.48. The maximum absolute atomic E-state index is 5.21. The van der Waals surface area contributed by atoms with Crippen molar-refractivity contribution in [2.24, 2.45) is 0 Å². The molecule has 0 spiro atoms. The summed E-state index contributed by atoms with van der Waals surface area (Å²) in [5, 5.41) is 3.27. The van der Waals surface area contributed by atoms with Crippen LogP contribution in [0.3, 0.4) is 0 Å². The molecule has 1 aromatic carbocycles. The molecule has 2 aromatic rings. The van der Waals surface area contributed by atoms with E-state index in [4.69, 9.17) is 4.42 Å². The zero-order valence-electron chi connectivity index (χ0n) is 7.73. The Morgan fingerprint density at radius 3 is 3.21 bits per heavy atom. The smallest absolute Gasteiger partial charge is 0.181 e. The van der Waals surface area contributed by atoms with Gasteiger partial charge in [-0.25, -0.2) is 4.98 Å². The zero-order chi connectivity index (χ0) is 9.80. The van der Waals surface area contributed by atoms with Crippen LogP contribution in [-0.2, 0) is 6.54 Å². The van der Waals surface area contributed by atoms with Crippen LogP contribution >= 0.6 is 12.6 Å². The summed E-state index contributed by atoms with van der Waals surface area (Å²) in [5.41, 5.74) is 2.95. The summed E-state index contributed by atoms with van der Waals surface area (Å²) in [7, 11) is 0. The lowest BCUT2D eigenvalue weighted by Crippen LogP contribution is -2.15. The molecule has 0 saturated carbocycles. The second-order valence-electron chi connectivity index (χ2n) is 3.05. The van der Waals surface area contributed by atoms with Gasteiger partial charge < -0.3 is 9.73 Å². The molecule has 1 heterocycles. The minimum atomic E-state index is 0.843. The third-order valence-electron chi connectivity index (χ3n) is 2.01. The first-order valence-electron chi connectivity index (χ1n) is 4.54. The quantitative estimate of drug-likeness (QED) is 0.595. The van der Waals surface area contributed by atoms with Gasteiger partial charge in [-0.05, 0) is 17.7 Å². The molecule has 0 amide bonds. The Labute approximate surface area is 87.9 Å². The number of nitrogens with zero attached hydrogens (tertiary/aromatic N) is 1. The number of aromatic nitrogens is 1. The average molecular weight is 208 g/mol. The lowest BCUT2D eigenvalue weighted by atomic mass is 10.2. The first-order chi connectivity index (χ1) is 6.90. The molecule has 0 radical (unpaired) electrons. The number of rotatable bonds is 4. The van der Waals surface area contributed by atoms with Crippen LogP contribution in [0.1, 0.15) is 5.56 Å². The number of hydrogen-bond donors (Lipinski definition) is 2. The fourth-order valence-electron chi connectivity index (χ4n) is 1.32. The van der Waals surface area contributed by atoms with Gasteiger partial charge in [0.05, 0.1) is 0 Å². The SMILES string of the molecule is SCCNCc1ccc2ncoc2c1. The molecule has 2 rings (SSSR count). The summed E-state index contributed by atoms with van der Waals surface area (Å²) >= 11 is 4.12. The van der Waals surface area contributed by atoms with Gasteiger partial charge in [-0.3, -0.25) is 0 Å². The van der Waals surface area contributed by atoms with Crippen molar-refractivity contribution in [3.63, 3.8) is 0 Å². The van der Waals surface area contributed by atoms with Crippen molar-refractivity contribution in [2.75, 3.05) is 12.3 Å². The third kappa shape index (κ3) is 2.08. The molecule has 0 aliphatic rings. The summed E-state index contributed by atoms with van der Waals surface area (Å²) in [5.74, 6) is 0.852. The van der Waals surface area contributed by atoms with Crippen molar-refractivity contribution >= 4 is 23.7 Å². The molecule has 0 fully saturated rings. The molecule has 4 heteroatoms. The predicted octanol–water partition coefficient (Wildman–Crippen LogP) is 1.85. The normalized spacial score (nSPS) is 10.9. The van der Waals surface area contributed by atoms with E-state index in [0.29, 0.717) is 0 Å². The summed E-state index contributed by atoms with van der Waals surface area (Å²) in [6, 6.07) is 6.03. The van der Waals surface area contributed by atoms with Crippen molar-refractivity contribution in [1.29, 1.82) is 0 Å². The van der Waals surface area contributed by atoms with E-state index in [9.17, 15) is 0 Å². The molecule has 0 aliphatic carbocycles. The lowest BCUT2D eigenvalue weighted by molar-refractivity contribution is 0.601. The van der Waals surface area contributed by atoms with E-state index in [2.05, 4.69) is 29.0 Å². The second kappa shape index (κ2) is 4.48. The van der Waals surface area contributed by atoms with Crippen LogP contribution in [0.2, 0.25) is 0 Å². The number of benzene rings is 1. The molecule has 14 heavy (non-hydrogen) atoms. The molecule has 1 N–H and O–H groups in total. The number of nitrogens with one attached hydrogen (secondary N) is 1. The highest BCUT2D eigenvalue weighted by Gasteiger charge is 1.99. The number of fused-ring (bicyclic) bond motifs is 1. The van der Waals surface area contributed by atoms with Crippen LogP contribution in [-0.4, -0.2) is 17.3 Å². The van der Waals surface area contributed by atoms with Gasteiger partial charge in [0, 0.05) is 18.8 Å². The largest absolute Gasteiger partial charge is 0.443 e. The topological polar surface area (TPSA) is 38.1 Å². The van der Waals surface area contributed by atoms with E-state index in [1.807, 2.05) is 12.1 Å². The highest BCUT2D eigenvalue weighted by atomic mass is 32.1. The highest BCUT2D eigenvalue weighted by molar-refractivity contribution is 7.80. The maximum Gasteiger partial charge on any atom is 0.181 e. The van der Waals surface area contributed by atoms with Crippen LogP contribution in [0, 0.1) is 0 Å². The zero-order valence-corrected chi connectivity index (χ0v) is 8.63. The number of thiol groups is 1. The van der Waals surface area contributed by atoms with Crippen molar-refractivity contribution < 1.29 is 4.42 Å². The van der Waals surface area contributed by atoms with Gasteiger partial charge in [0.15, 0.2) is 12.0 Å². The van der Waals surface area contributed by atoms with Crippen molar-refractivity contribution in [3.05, 3.63) is 30.2 Å². The monoisotopic (exact) mass is 208 g/mol. The first-order valence-corrected chi connectivity index (χ1v) is 5.17. The Bertz CT molecular complexity index is 413. The molecule has 0 aliphatic heterocycles. The first kappa shape index (κ1) is 9.55. The molecule has 0 bridgehead atoms. The molecular weight excluding hydrogens is 196 g/mol. The van der Waals surface area contributed by atoms with Crippen LogP contribution in [0.5, 0.6) is 0 Å². The second-order valence-corrected chi connectivity index (χ2v) is 3.50. The Balaban J connectivity index is 2.10. The van der Waals surface area contributed by atoms with Crippen LogP contribution < -0.4 is 5.32 Å². The maximum atomic E-state index is 5.21. The molecule has 0 saturated heterocycles. The minimum absolute atomic E-state index is 0.843. The average Bonchev–Trinajstić information content (AvgIpc) is 2.65. The number of oxazole rings is 1. The molecule has 0 unspecified atom stereocenters. The Morgan fingerprint density at radius 2 is 2.36 bits per heavy atom. The van der Waals surface area contributed by atoms with Crippen molar-refractivity contribution in [1.82, 2.24) is 10.3 Å². The summed E-state index contributed by atoms with van der Waals surface area (Å²) in [6.07, 6.45) is 1.47. The van der Waals surface area contributed by atoms with Gasteiger partial charge in [0.2, 0.25) is 0 Å². The van der Waals surface area contributed by atoms with E-state index < -0.39 is 0 Å². The predicted molar refractivity (Wildman–Crippen MR) is 59.6 cm³/mol. The van der Waals surface area contributed by atoms with Gasteiger partial charge in [-0.2, -0.15) is 12.6 Å². The molecular formula is C10H12N2OS. The number of hydrogen-bond acceptors (Lipinski definition) is 4. The van der Waals surface area contributed by atoms with Gasteiger partial charge in [0.25, 0.3) is 0 Å². The Morgan fingerprint density at radius 1 is 1.43 bits per heavy atom. The highest BCUT2D eigenvalue weighted by Crippen LogP contribution is 2.13. The van der Waals surface area contributed by atoms with E-state index in [1.165, 1.54) is 12.0 Å². The van der Waals surface area contributed by atoms with E-state index in [-0.39, 0.29) is 0 Å². The van der Waals surface area contributed by atoms with Gasteiger partial charge in [-0.15, -0.1) is 0 Å². The van der Waals surface area contributed by atoms with E-state index >= 15 is 0 Å². The van der Waals surface area contributed by atoms with E-state index in [1.54, 1.807) is 0 Å². The van der Waals surface area contributed by atoms with Gasteiger partial charge in [0.1, 0.15) is 5.52 Å². The Hall–Kier alpha value is -1.00. The fraction of sp³-hybridized carbons (Fsp3) is 0.300. The van der Waals surface area contributed by atoms with Crippen molar-refractivity contribution in [3.8, 4) is 0 Å². The molecule has 74 valence electrons. The molecule has 3 nitrogen and oxygen atoms in total. The van der Waals surface area contributed by atoms with E-state index in [0.717, 1.165) is 29.9 Å². The van der Waals surface area contributed by atoms with Crippen LogP contribution in [0.4, 0.5) is 0 Å². The summed E-state index contributed by atoms with van der Waals surface area (Å²) < 4.78 is 5.21. The van der Waals surface area contributed by atoms with Gasteiger partial charge in [-0.1, -0.05) is 6.07 Å². The Kier molecular flexibility index (Phi) is 3.06. The summed E-state index contributed by atoms with van der Waals surface area (Å²) in [4.78, 5) is 4.06.